The molecule has 0 saturated carbocycles. The fraction of sp³-hybridized carbons (Fsp3) is 0.182. The van der Waals surface area contributed by atoms with E-state index in [0.29, 0.717) is 23.7 Å². The molecule has 0 saturated heterocycles. The van der Waals surface area contributed by atoms with Crippen LogP contribution in [0.5, 0.6) is 17.2 Å². The predicted octanol–water partition coefficient (Wildman–Crippen LogP) is 3.78. The van der Waals surface area contributed by atoms with Crippen molar-refractivity contribution in [2.45, 2.75) is 6.54 Å². The van der Waals surface area contributed by atoms with Crippen LogP contribution in [0.4, 0.5) is 11.4 Å². The van der Waals surface area contributed by atoms with Crippen LogP contribution in [0.2, 0.25) is 0 Å². The van der Waals surface area contributed by atoms with Gasteiger partial charge in [0, 0.05) is 12.6 Å². The Labute approximate surface area is 169 Å². The number of nitrogens with zero attached hydrogens (tertiary/aromatic N) is 1. The average Bonchev–Trinajstić information content (AvgIpc) is 2.78. The highest BCUT2D eigenvalue weighted by Crippen LogP contribution is 2.31. The number of carbonyl (C=O) groups excluding carboxylic acids is 1. The summed E-state index contributed by atoms with van der Waals surface area (Å²) >= 11 is 0. The van der Waals surface area contributed by atoms with Crippen molar-refractivity contribution >= 4 is 17.3 Å². The maximum absolute atomic E-state index is 12.3. The second-order valence-corrected chi connectivity index (χ2v) is 6.15. The second-order valence-electron chi connectivity index (χ2n) is 6.15. The quantitative estimate of drug-likeness (QED) is 0.606. The summed E-state index contributed by atoms with van der Waals surface area (Å²) in [6.45, 7) is 0.408. The highest BCUT2D eigenvalue weighted by molar-refractivity contribution is 5.92. The van der Waals surface area contributed by atoms with Gasteiger partial charge in [0.05, 0.1) is 38.9 Å². The van der Waals surface area contributed by atoms with Crippen molar-refractivity contribution in [2.24, 2.45) is 0 Å². The lowest BCUT2D eigenvalue weighted by molar-refractivity contribution is 0.0946. The second kappa shape index (κ2) is 9.45. The Morgan fingerprint density at radius 1 is 0.897 bits per heavy atom. The van der Waals surface area contributed by atoms with Crippen LogP contribution < -0.4 is 24.8 Å². The zero-order chi connectivity index (χ0) is 20.6. The number of nitrogens with one attached hydrogen (secondary N) is 2. The number of rotatable bonds is 8. The van der Waals surface area contributed by atoms with Gasteiger partial charge in [-0.3, -0.25) is 4.79 Å². The van der Waals surface area contributed by atoms with E-state index in [0.717, 1.165) is 22.7 Å². The van der Waals surface area contributed by atoms with E-state index in [1.807, 2.05) is 42.5 Å². The Balaban J connectivity index is 1.62. The molecule has 0 bridgehead atoms. The standard InChI is InChI=1S/C22H23N3O4/c1-27-17-7-4-15(5-8-17)13-24-22(26)19-10-6-16(14-23-19)25-20-12-18(28-2)9-11-21(20)29-3/h4-12,14,25H,13H2,1-3H3,(H,24,26). The summed E-state index contributed by atoms with van der Waals surface area (Å²) in [5.74, 6) is 1.91. The highest BCUT2D eigenvalue weighted by Gasteiger charge is 2.09. The van der Waals surface area contributed by atoms with E-state index in [9.17, 15) is 4.79 Å². The molecule has 0 fully saturated rings. The molecule has 0 radical (unpaired) electrons. The van der Waals surface area contributed by atoms with Crippen molar-refractivity contribution in [3.63, 3.8) is 0 Å². The minimum Gasteiger partial charge on any atom is -0.497 e. The van der Waals surface area contributed by atoms with Crippen molar-refractivity contribution in [3.05, 3.63) is 72.1 Å². The van der Waals surface area contributed by atoms with Crippen molar-refractivity contribution in [3.8, 4) is 17.2 Å². The molecule has 150 valence electrons. The highest BCUT2D eigenvalue weighted by atomic mass is 16.5. The van der Waals surface area contributed by atoms with Gasteiger partial charge in [-0.15, -0.1) is 0 Å². The molecule has 0 atom stereocenters. The van der Waals surface area contributed by atoms with Gasteiger partial charge in [0.2, 0.25) is 0 Å². The van der Waals surface area contributed by atoms with Crippen LogP contribution in [-0.4, -0.2) is 32.2 Å². The SMILES string of the molecule is COc1ccc(CNC(=O)c2ccc(Nc3cc(OC)ccc3OC)cn2)cc1. The first kappa shape index (κ1) is 20.0. The van der Waals surface area contributed by atoms with E-state index >= 15 is 0 Å². The zero-order valence-corrected chi connectivity index (χ0v) is 16.6. The Kier molecular flexibility index (Phi) is 6.52. The van der Waals surface area contributed by atoms with E-state index in [-0.39, 0.29) is 5.91 Å². The van der Waals surface area contributed by atoms with E-state index in [4.69, 9.17) is 14.2 Å². The van der Waals surface area contributed by atoms with Crippen molar-refractivity contribution < 1.29 is 19.0 Å². The fourth-order valence-electron chi connectivity index (χ4n) is 2.69. The normalized spacial score (nSPS) is 10.2. The molecule has 2 N–H and O–H groups in total. The molecule has 7 nitrogen and oxygen atoms in total. The molecule has 0 aliphatic carbocycles. The number of hydrogen-bond acceptors (Lipinski definition) is 6. The van der Waals surface area contributed by atoms with Crippen LogP contribution in [0.15, 0.2) is 60.8 Å². The van der Waals surface area contributed by atoms with Crippen molar-refractivity contribution in [2.75, 3.05) is 26.6 Å². The van der Waals surface area contributed by atoms with Crippen LogP contribution in [0.3, 0.4) is 0 Å². The summed E-state index contributed by atoms with van der Waals surface area (Å²) < 4.78 is 15.7. The van der Waals surface area contributed by atoms with Gasteiger partial charge in [-0.1, -0.05) is 12.1 Å². The van der Waals surface area contributed by atoms with Gasteiger partial charge >= 0.3 is 0 Å². The van der Waals surface area contributed by atoms with Crippen molar-refractivity contribution in [1.82, 2.24) is 10.3 Å². The maximum atomic E-state index is 12.3. The van der Waals surface area contributed by atoms with Crippen LogP contribution >= 0.6 is 0 Å². The average molecular weight is 393 g/mol. The Bertz CT molecular complexity index is 957. The minimum absolute atomic E-state index is 0.244. The lowest BCUT2D eigenvalue weighted by Crippen LogP contribution is -2.23. The summed E-state index contributed by atoms with van der Waals surface area (Å²) in [5.41, 5.74) is 2.78. The van der Waals surface area contributed by atoms with Gasteiger partial charge in [0.15, 0.2) is 0 Å². The Morgan fingerprint density at radius 2 is 1.62 bits per heavy atom. The number of methoxy groups -OCH3 is 3. The van der Waals surface area contributed by atoms with Gasteiger partial charge in [-0.05, 0) is 42.0 Å². The third kappa shape index (κ3) is 5.16. The summed E-state index contributed by atoms with van der Waals surface area (Å²) in [4.78, 5) is 16.6. The Morgan fingerprint density at radius 3 is 2.24 bits per heavy atom. The topological polar surface area (TPSA) is 81.7 Å². The first-order chi connectivity index (χ1) is 14.1. The van der Waals surface area contributed by atoms with Gasteiger partial charge in [0.1, 0.15) is 22.9 Å². The van der Waals surface area contributed by atoms with Gasteiger partial charge < -0.3 is 24.8 Å². The number of aromatic nitrogens is 1. The molecule has 0 unspecified atom stereocenters. The predicted molar refractivity (Wildman–Crippen MR) is 111 cm³/mol. The third-order valence-electron chi connectivity index (χ3n) is 4.29. The van der Waals surface area contributed by atoms with Crippen LogP contribution in [0, 0.1) is 0 Å². The van der Waals surface area contributed by atoms with Crippen molar-refractivity contribution in [1.29, 1.82) is 0 Å². The molecule has 0 aliphatic rings. The maximum Gasteiger partial charge on any atom is 0.270 e. The number of hydrogen-bond donors (Lipinski definition) is 2. The zero-order valence-electron chi connectivity index (χ0n) is 16.6. The van der Waals surface area contributed by atoms with E-state index in [1.165, 1.54) is 0 Å². The number of pyridine rings is 1. The molecular weight excluding hydrogens is 370 g/mol. The smallest absolute Gasteiger partial charge is 0.270 e. The van der Waals surface area contributed by atoms with Crippen LogP contribution in [-0.2, 0) is 6.54 Å². The molecule has 2 aromatic carbocycles. The third-order valence-corrected chi connectivity index (χ3v) is 4.29. The van der Waals surface area contributed by atoms with E-state index in [2.05, 4.69) is 15.6 Å². The molecule has 1 aromatic heterocycles. The fourth-order valence-corrected chi connectivity index (χ4v) is 2.69. The molecule has 29 heavy (non-hydrogen) atoms. The van der Waals surface area contributed by atoms with Gasteiger partial charge in [-0.25, -0.2) is 4.98 Å². The largest absolute Gasteiger partial charge is 0.497 e. The van der Waals surface area contributed by atoms with Gasteiger partial charge in [-0.2, -0.15) is 0 Å². The first-order valence-electron chi connectivity index (χ1n) is 8.99. The monoisotopic (exact) mass is 393 g/mol. The van der Waals surface area contributed by atoms with E-state index < -0.39 is 0 Å². The Hall–Kier alpha value is -3.74. The number of anilines is 2. The molecule has 3 rings (SSSR count). The summed E-state index contributed by atoms with van der Waals surface area (Å²) in [6.07, 6.45) is 1.60. The van der Waals surface area contributed by atoms with Crippen LogP contribution in [0.1, 0.15) is 16.1 Å². The first-order valence-corrected chi connectivity index (χ1v) is 8.99. The summed E-state index contributed by atoms with van der Waals surface area (Å²) in [5, 5.41) is 6.08. The molecule has 1 amide bonds. The molecule has 0 aliphatic heterocycles. The summed E-state index contributed by atoms with van der Waals surface area (Å²) in [6, 6.07) is 16.4. The lowest BCUT2D eigenvalue weighted by atomic mass is 10.2. The van der Waals surface area contributed by atoms with E-state index in [1.54, 1.807) is 39.7 Å². The van der Waals surface area contributed by atoms with Gasteiger partial charge in [0.25, 0.3) is 5.91 Å². The molecule has 7 heteroatoms. The number of amides is 1. The molecule has 0 spiro atoms. The molecular formula is C22H23N3O4. The number of carbonyl (C=O) groups is 1. The molecule has 3 aromatic rings. The number of benzene rings is 2. The lowest BCUT2D eigenvalue weighted by Gasteiger charge is -2.13. The molecule has 1 heterocycles. The summed E-state index contributed by atoms with van der Waals surface area (Å²) in [7, 11) is 4.82. The number of ether oxygens (including phenoxy) is 3. The van der Waals surface area contributed by atoms with Crippen LogP contribution in [0.25, 0.3) is 0 Å². The minimum atomic E-state index is -0.244.